The zero-order valence-corrected chi connectivity index (χ0v) is 8.16. The normalized spacial score (nSPS) is 29.0. The molecule has 13 heavy (non-hydrogen) atoms. The quantitative estimate of drug-likeness (QED) is 0.689. The van der Waals surface area contributed by atoms with E-state index in [9.17, 15) is 0 Å². The maximum Gasteiger partial charge on any atom is 0.109 e. The molecule has 0 spiro atoms. The first-order chi connectivity index (χ1) is 6.20. The molecule has 1 aliphatic heterocycles. The van der Waals surface area contributed by atoms with E-state index in [4.69, 9.17) is 11.0 Å². The van der Waals surface area contributed by atoms with E-state index in [1.54, 1.807) is 0 Å². The van der Waals surface area contributed by atoms with Crippen molar-refractivity contribution in [3.8, 4) is 6.07 Å². The lowest BCUT2D eigenvalue weighted by Gasteiger charge is -2.47. The van der Waals surface area contributed by atoms with Gasteiger partial charge in [0.1, 0.15) is 5.54 Å². The monoisotopic (exact) mass is 179 g/mol. The van der Waals surface area contributed by atoms with Crippen LogP contribution >= 0.6 is 0 Å². The largest absolute Gasteiger partial charge is 0.330 e. The van der Waals surface area contributed by atoms with Crippen LogP contribution in [0.15, 0.2) is 0 Å². The molecule has 0 aromatic carbocycles. The van der Waals surface area contributed by atoms with Crippen molar-refractivity contribution < 1.29 is 0 Å². The molecule has 3 nitrogen and oxygen atoms in total. The Morgan fingerprint density at radius 2 is 2.15 bits per heavy atom. The van der Waals surface area contributed by atoms with Gasteiger partial charge in [-0.25, -0.2) is 0 Å². The minimum atomic E-state index is -0.189. The van der Waals surface area contributed by atoms with Gasteiger partial charge in [0.25, 0.3) is 0 Å². The average molecular weight is 179 g/mol. The van der Waals surface area contributed by atoms with Crippen LogP contribution in [0.5, 0.6) is 0 Å². The number of hydrogen-bond acceptors (Lipinski definition) is 3. The third-order valence-electron chi connectivity index (χ3n) is 3.55. The third kappa shape index (κ3) is 1.34. The maximum absolute atomic E-state index is 9.17. The van der Waals surface area contributed by atoms with Crippen LogP contribution in [0.2, 0.25) is 0 Å². The Bertz CT molecular complexity index is 235. The molecular weight excluding hydrogens is 162 g/mol. The summed E-state index contributed by atoms with van der Waals surface area (Å²) in [6.45, 7) is 4.90. The Balaban J connectivity index is 1.96. The predicted octanol–water partition coefficient (Wildman–Crippen LogP) is 0.569. The molecule has 0 aromatic heterocycles. The van der Waals surface area contributed by atoms with Gasteiger partial charge in [0.15, 0.2) is 0 Å². The molecular formula is C10H17N3. The smallest absolute Gasteiger partial charge is 0.109 e. The number of rotatable bonds is 3. The second-order valence-corrected chi connectivity index (χ2v) is 4.54. The fourth-order valence-corrected chi connectivity index (χ4v) is 2.16. The minimum Gasteiger partial charge on any atom is -0.330 e. The second kappa shape index (κ2) is 2.97. The molecule has 3 heteroatoms. The molecule has 2 fully saturated rings. The van der Waals surface area contributed by atoms with Gasteiger partial charge in [0, 0.05) is 13.1 Å². The summed E-state index contributed by atoms with van der Waals surface area (Å²) in [5, 5.41) is 9.17. The molecule has 2 rings (SSSR count). The van der Waals surface area contributed by atoms with Gasteiger partial charge in [0.2, 0.25) is 0 Å². The Kier molecular flexibility index (Phi) is 2.05. The molecule has 0 amide bonds. The maximum atomic E-state index is 9.17. The summed E-state index contributed by atoms with van der Waals surface area (Å²) >= 11 is 0. The molecule has 72 valence electrons. The zero-order chi connectivity index (χ0) is 9.47. The first kappa shape index (κ1) is 8.98. The highest BCUT2D eigenvalue weighted by molar-refractivity contribution is 5.15. The van der Waals surface area contributed by atoms with E-state index in [0.717, 1.165) is 19.6 Å². The molecule has 0 bridgehead atoms. The van der Waals surface area contributed by atoms with Crippen molar-refractivity contribution in [1.82, 2.24) is 4.90 Å². The van der Waals surface area contributed by atoms with Crippen molar-refractivity contribution in [3.63, 3.8) is 0 Å². The van der Waals surface area contributed by atoms with Crippen LogP contribution in [0, 0.1) is 23.2 Å². The number of hydrogen-bond donors (Lipinski definition) is 1. The lowest BCUT2D eigenvalue weighted by atomic mass is 9.87. The summed E-state index contributed by atoms with van der Waals surface area (Å²) in [4.78, 5) is 2.29. The first-order valence-corrected chi connectivity index (χ1v) is 5.07. The van der Waals surface area contributed by atoms with E-state index in [0.29, 0.717) is 11.8 Å². The van der Waals surface area contributed by atoms with Crippen LogP contribution in [-0.4, -0.2) is 30.1 Å². The zero-order valence-electron chi connectivity index (χ0n) is 8.16. The summed E-state index contributed by atoms with van der Waals surface area (Å²) in [5.74, 6) is 1.25. The van der Waals surface area contributed by atoms with Gasteiger partial charge in [-0.1, -0.05) is 0 Å². The van der Waals surface area contributed by atoms with Crippen LogP contribution in [0.3, 0.4) is 0 Å². The number of nitriles is 1. The SMILES string of the molecule is CC(C#N)(C1CC1)N1CC(CN)C1. The third-order valence-corrected chi connectivity index (χ3v) is 3.55. The van der Waals surface area contributed by atoms with E-state index in [2.05, 4.69) is 17.9 Å². The highest BCUT2D eigenvalue weighted by Gasteiger charge is 2.49. The number of likely N-dealkylation sites (tertiary alicyclic amines) is 1. The number of nitrogens with zero attached hydrogens (tertiary/aromatic N) is 2. The summed E-state index contributed by atoms with van der Waals surface area (Å²) < 4.78 is 0. The van der Waals surface area contributed by atoms with Crippen molar-refractivity contribution in [2.24, 2.45) is 17.6 Å². The van der Waals surface area contributed by atoms with Crippen molar-refractivity contribution in [3.05, 3.63) is 0 Å². The Hall–Kier alpha value is -0.590. The average Bonchev–Trinajstić information content (AvgIpc) is 2.84. The molecule has 1 heterocycles. The molecule has 1 atom stereocenters. The van der Waals surface area contributed by atoms with Gasteiger partial charge >= 0.3 is 0 Å². The van der Waals surface area contributed by atoms with E-state index < -0.39 is 0 Å². The fourth-order valence-electron chi connectivity index (χ4n) is 2.16. The lowest BCUT2D eigenvalue weighted by Crippen LogP contribution is -2.60. The molecule has 1 aliphatic carbocycles. The molecule has 1 saturated heterocycles. The summed E-state index contributed by atoms with van der Waals surface area (Å²) in [6, 6.07) is 2.47. The lowest BCUT2D eigenvalue weighted by molar-refractivity contribution is 0.0166. The van der Waals surface area contributed by atoms with E-state index >= 15 is 0 Å². The van der Waals surface area contributed by atoms with Gasteiger partial charge in [-0.2, -0.15) is 5.26 Å². The molecule has 0 radical (unpaired) electrons. The Labute approximate surface area is 79.5 Å². The summed E-state index contributed by atoms with van der Waals surface area (Å²) in [5.41, 5.74) is 5.37. The van der Waals surface area contributed by atoms with E-state index in [1.165, 1.54) is 12.8 Å². The van der Waals surface area contributed by atoms with Crippen molar-refractivity contribution in [2.75, 3.05) is 19.6 Å². The van der Waals surface area contributed by atoms with Crippen molar-refractivity contribution >= 4 is 0 Å². The first-order valence-electron chi connectivity index (χ1n) is 5.07. The van der Waals surface area contributed by atoms with Crippen LogP contribution in [0.4, 0.5) is 0 Å². The second-order valence-electron chi connectivity index (χ2n) is 4.54. The fraction of sp³-hybridized carbons (Fsp3) is 0.900. The predicted molar refractivity (Wildman–Crippen MR) is 50.9 cm³/mol. The van der Waals surface area contributed by atoms with Crippen LogP contribution in [0.25, 0.3) is 0 Å². The van der Waals surface area contributed by atoms with Gasteiger partial charge in [-0.15, -0.1) is 0 Å². The van der Waals surface area contributed by atoms with Crippen molar-refractivity contribution in [1.29, 1.82) is 5.26 Å². The summed E-state index contributed by atoms with van der Waals surface area (Å²) in [6.07, 6.45) is 2.46. The van der Waals surface area contributed by atoms with Gasteiger partial charge in [-0.3, -0.25) is 4.90 Å². The highest BCUT2D eigenvalue weighted by Crippen LogP contribution is 2.44. The molecule has 2 N–H and O–H groups in total. The molecule has 1 saturated carbocycles. The van der Waals surface area contributed by atoms with Crippen molar-refractivity contribution in [2.45, 2.75) is 25.3 Å². The van der Waals surface area contributed by atoms with Crippen LogP contribution < -0.4 is 5.73 Å². The highest BCUT2D eigenvalue weighted by atomic mass is 15.3. The van der Waals surface area contributed by atoms with E-state index in [-0.39, 0.29) is 5.54 Å². The Morgan fingerprint density at radius 3 is 2.54 bits per heavy atom. The van der Waals surface area contributed by atoms with Crippen LogP contribution in [0.1, 0.15) is 19.8 Å². The van der Waals surface area contributed by atoms with Gasteiger partial charge in [-0.05, 0) is 38.1 Å². The molecule has 1 unspecified atom stereocenters. The van der Waals surface area contributed by atoms with Gasteiger partial charge in [0.05, 0.1) is 6.07 Å². The molecule has 2 aliphatic rings. The van der Waals surface area contributed by atoms with E-state index in [1.807, 2.05) is 0 Å². The molecule has 0 aromatic rings. The van der Waals surface area contributed by atoms with Crippen LogP contribution in [-0.2, 0) is 0 Å². The topological polar surface area (TPSA) is 53.0 Å². The summed E-state index contributed by atoms with van der Waals surface area (Å²) in [7, 11) is 0. The number of nitrogens with two attached hydrogens (primary N) is 1. The Morgan fingerprint density at radius 1 is 1.54 bits per heavy atom. The van der Waals surface area contributed by atoms with Gasteiger partial charge < -0.3 is 5.73 Å². The minimum absolute atomic E-state index is 0.189. The standard InChI is InChI=1S/C10H17N3/c1-10(7-12,9-2-3-9)13-5-8(4-11)6-13/h8-9H,2-6,11H2,1H3.